The number of hydrogen-bond acceptors (Lipinski definition) is 3. The summed E-state index contributed by atoms with van der Waals surface area (Å²) in [5.41, 5.74) is 0.858. The van der Waals surface area contributed by atoms with Crippen LogP contribution >= 0.6 is 11.6 Å². The van der Waals surface area contributed by atoms with Gasteiger partial charge in [-0.25, -0.2) is 14.0 Å². The number of halogens is 2. The predicted octanol–water partition coefficient (Wildman–Crippen LogP) is 3.63. The fourth-order valence-electron chi connectivity index (χ4n) is 1.85. The number of esters is 1. The van der Waals surface area contributed by atoms with Crippen LogP contribution in [0.15, 0.2) is 36.4 Å². The van der Waals surface area contributed by atoms with Crippen LogP contribution in [0.3, 0.4) is 0 Å². The molecule has 1 N–H and O–H groups in total. The Balaban J connectivity index is 2.50. The summed E-state index contributed by atoms with van der Waals surface area (Å²) in [5, 5.41) is 9.07. The molecule has 0 saturated heterocycles. The van der Waals surface area contributed by atoms with E-state index in [4.69, 9.17) is 16.7 Å². The summed E-state index contributed by atoms with van der Waals surface area (Å²) in [6.45, 7) is 0. The first-order chi connectivity index (χ1) is 9.92. The molecule has 0 aliphatic heterocycles. The number of carboxylic acids is 1. The van der Waals surface area contributed by atoms with Gasteiger partial charge in [0.1, 0.15) is 5.82 Å². The van der Waals surface area contributed by atoms with E-state index in [-0.39, 0.29) is 16.1 Å². The maximum atomic E-state index is 13.5. The molecule has 0 aliphatic rings. The van der Waals surface area contributed by atoms with Crippen molar-refractivity contribution in [3.8, 4) is 11.1 Å². The Kier molecular flexibility index (Phi) is 4.23. The summed E-state index contributed by atoms with van der Waals surface area (Å²) in [4.78, 5) is 22.4. The number of rotatable bonds is 3. The molecule has 2 aromatic carbocycles. The summed E-state index contributed by atoms with van der Waals surface area (Å²) in [5.74, 6) is -2.48. The molecule has 0 aromatic heterocycles. The highest BCUT2D eigenvalue weighted by atomic mass is 35.5. The van der Waals surface area contributed by atoms with Gasteiger partial charge in [0, 0.05) is 0 Å². The number of aromatic carboxylic acids is 1. The van der Waals surface area contributed by atoms with Crippen LogP contribution in [0.25, 0.3) is 11.1 Å². The Morgan fingerprint density at radius 1 is 1.14 bits per heavy atom. The van der Waals surface area contributed by atoms with Crippen molar-refractivity contribution in [2.75, 3.05) is 7.11 Å². The van der Waals surface area contributed by atoms with Crippen LogP contribution in [0.2, 0.25) is 5.02 Å². The van der Waals surface area contributed by atoms with Crippen molar-refractivity contribution in [1.29, 1.82) is 0 Å². The highest BCUT2D eigenvalue weighted by molar-refractivity contribution is 6.33. The maximum Gasteiger partial charge on any atom is 0.339 e. The maximum absolute atomic E-state index is 13.5. The van der Waals surface area contributed by atoms with Crippen LogP contribution in [0.1, 0.15) is 20.7 Å². The average Bonchev–Trinajstić information content (AvgIpc) is 2.45. The van der Waals surface area contributed by atoms with Gasteiger partial charge in [0.15, 0.2) is 0 Å². The summed E-state index contributed by atoms with van der Waals surface area (Å²) >= 11 is 5.98. The van der Waals surface area contributed by atoms with E-state index >= 15 is 0 Å². The van der Waals surface area contributed by atoms with Gasteiger partial charge in [0.2, 0.25) is 0 Å². The molecule has 2 rings (SSSR count). The molecule has 0 unspecified atom stereocenters. The van der Waals surface area contributed by atoms with Gasteiger partial charge >= 0.3 is 11.9 Å². The SMILES string of the molecule is COC(=O)c1ccc(-c2cc(F)cc(C(=O)O)c2)cc1Cl. The molecule has 0 fully saturated rings. The largest absolute Gasteiger partial charge is 0.478 e. The summed E-state index contributed by atoms with van der Waals surface area (Å²) in [6.07, 6.45) is 0. The zero-order valence-electron chi connectivity index (χ0n) is 10.9. The summed E-state index contributed by atoms with van der Waals surface area (Å²) in [7, 11) is 1.23. The van der Waals surface area contributed by atoms with E-state index in [9.17, 15) is 14.0 Å². The number of ether oxygens (including phenoxy) is 1. The molecular weight excluding hydrogens is 299 g/mol. The summed E-state index contributed by atoms with van der Waals surface area (Å²) < 4.78 is 18.0. The first-order valence-electron chi connectivity index (χ1n) is 5.84. The molecule has 4 nitrogen and oxygen atoms in total. The van der Waals surface area contributed by atoms with E-state index in [0.717, 1.165) is 6.07 Å². The van der Waals surface area contributed by atoms with E-state index in [1.807, 2.05) is 0 Å². The minimum Gasteiger partial charge on any atom is -0.478 e. The molecule has 0 aliphatic carbocycles. The van der Waals surface area contributed by atoms with Gasteiger partial charge in [0.25, 0.3) is 0 Å². The molecule has 0 bridgehead atoms. The Bertz CT molecular complexity index is 728. The van der Waals surface area contributed by atoms with Crippen LogP contribution in [0.4, 0.5) is 4.39 Å². The van der Waals surface area contributed by atoms with Crippen molar-refractivity contribution < 1.29 is 23.8 Å². The number of carboxylic acid groups (broad SMARTS) is 1. The predicted molar refractivity (Wildman–Crippen MR) is 75.1 cm³/mol. The molecule has 0 radical (unpaired) electrons. The quantitative estimate of drug-likeness (QED) is 0.879. The Morgan fingerprint density at radius 3 is 2.43 bits per heavy atom. The van der Waals surface area contributed by atoms with Gasteiger partial charge in [-0.05, 0) is 41.5 Å². The lowest BCUT2D eigenvalue weighted by Crippen LogP contribution is -2.02. The third-order valence-electron chi connectivity index (χ3n) is 2.85. The lowest BCUT2D eigenvalue weighted by Gasteiger charge is -2.07. The highest BCUT2D eigenvalue weighted by Gasteiger charge is 2.13. The molecule has 2 aromatic rings. The number of methoxy groups -OCH3 is 1. The van der Waals surface area contributed by atoms with Crippen molar-refractivity contribution in [1.82, 2.24) is 0 Å². The van der Waals surface area contributed by atoms with Gasteiger partial charge in [-0.3, -0.25) is 0 Å². The van der Waals surface area contributed by atoms with Gasteiger partial charge in [-0.15, -0.1) is 0 Å². The van der Waals surface area contributed by atoms with Gasteiger partial charge < -0.3 is 9.84 Å². The van der Waals surface area contributed by atoms with Crippen molar-refractivity contribution in [3.05, 3.63) is 58.4 Å². The monoisotopic (exact) mass is 308 g/mol. The van der Waals surface area contributed by atoms with Crippen molar-refractivity contribution in [2.24, 2.45) is 0 Å². The smallest absolute Gasteiger partial charge is 0.339 e. The summed E-state index contributed by atoms with van der Waals surface area (Å²) in [6, 6.07) is 7.88. The van der Waals surface area contributed by atoms with Crippen LogP contribution in [0.5, 0.6) is 0 Å². The number of hydrogen-bond donors (Lipinski definition) is 1. The van der Waals surface area contributed by atoms with Crippen molar-refractivity contribution >= 4 is 23.5 Å². The Labute approximate surface area is 124 Å². The molecule has 0 amide bonds. The minimum absolute atomic E-state index is 0.139. The van der Waals surface area contributed by atoms with Crippen LogP contribution < -0.4 is 0 Å². The first kappa shape index (κ1) is 15.0. The fourth-order valence-corrected chi connectivity index (χ4v) is 2.11. The molecule has 0 saturated carbocycles. The van der Waals surface area contributed by atoms with E-state index < -0.39 is 17.8 Å². The number of carbonyl (C=O) groups is 2. The fraction of sp³-hybridized carbons (Fsp3) is 0.0667. The van der Waals surface area contributed by atoms with E-state index in [1.54, 1.807) is 6.07 Å². The third-order valence-corrected chi connectivity index (χ3v) is 3.17. The van der Waals surface area contributed by atoms with Crippen molar-refractivity contribution in [3.63, 3.8) is 0 Å². The molecule has 6 heteroatoms. The van der Waals surface area contributed by atoms with Crippen molar-refractivity contribution in [2.45, 2.75) is 0 Å². The lowest BCUT2D eigenvalue weighted by atomic mass is 10.0. The second kappa shape index (κ2) is 5.93. The molecule has 108 valence electrons. The zero-order valence-corrected chi connectivity index (χ0v) is 11.6. The number of benzene rings is 2. The second-order valence-electron chi connectivity index (χ2n) is 4.22. The molecular formula is C15H10ClFO4. The first-order valence-corrected chi connectivity index (χ1v) is 6.22. The highest BCUT2D eigenvalue weighted by Crippen LogP contribution is 2.27. The molecule has 0 atom stereocenters. The topological polar surface area (TPSA) is 63.6 Å². The Morgan fingerprint density at radius 2 is 1.86 bits per heavy atom. The standard InChI is InChI=1S/C15H10ClFO4/c1-21-15(20)12-3-2-8(7-13(12)16)9-4-10(14(18)19)6-11(17)5-9/h2-7H,1H3,(H,18,19). The van der Waals surface area contributed by atoms with Gasteiger partial charge in [0.05, 0.1) is 23.3 Å². The average molecular weight is 309 g/mol. The third kappa shape index (κ3) is 3.20. The Hall–Kier alpha value is -2.40. The lowest BCUT2D eigenvalue weighted by molar-refractivity contribution is 0.0600. The second-order valence-corrected chi connectivity index (χ2v) is 4.63. The van der Waals surface area contributed by atoms with Gasteiger partial charge in [-0.2, -0.15) is 0 Å². The van der Waals surface area contributed by atoms with Crippen LogP contribution in [0, 0.1) is 5.82 Å². The van der Waals surface area contributed by atoms with Crippen LogP contribution in [-0.4, -0.2) is 24.2 Å². The van der Waals surface area contributed by atoms with E-state index in [1.165, 1.54) is 31.4 Å². The zero-order chi connectivity index (χ0) is 15.6. The van der Waals surface area contributed by atoms with E-state index in [0.29, 0.717) is 11.1 Å². The normalized spacial score (nSPS) is 10.2. The van der Waals surface area contributed by atoms with Gasteiger partial charge in [-0.1, -0.05) is 17.7 Å². The molecule has 0 spiro atoms. The minimum atomic E-state index is -1.23. The van der Waals surface area contributed by atoms with Crippen LogP contribution in [-0.2, 0) is 4.74 Å². The van der Waals surface area contributed by atoms with E-state index in [2.05, 4.69) is 4.74 Å². The number of carbonyl (C=O) groups excluding carboxylic acids is 1. The molecule has 0 heterocycles. The molecule has 21 heavy (non-hydrogen) atoms.